The van der Waals surface area contributed by atoms with E-state index in [1.165, 1.54) is 10.5 Å². The van der Waals surface area contributed by atoms with E-state index in [4.69, 9.17) is 0 Å². The van der Waals surface area contributed by atoms with Crippen LogP contribution in [-0.4, -0.2) is 12.2 Å². The molecule has 0 saturated heterocycles. The highest BCUT2D eigenvalue weighted by Gasteiger charge is 2.12. The molecule has 2 aromatic rings. The highest BCUT2D eigenvalue weighted by atomic mass is 32.2. The third kappa shape index (κ3) is 3.23. The van der Waals surface area contributed by atoms with Gasteiger partial charge in [-0.1, -0.05) is 17.7 Å². The minimum absolute atomic E-state index is 0.0445. The molecule has 20 heavy (non-hydrogen) atoms. The van der Waals surface area contributed by atoms with E-state index in [0.29, 0.717) is 0 Å². The third-order valence-corrected chi connectivity index (χ3v) is 4.00. The number of aryl methyl sites for hydroxylation is 3. The van der Waals surface area contributed by atoms with Gasteiger partial charge in [-0.15, -0.1) is 11.8 Å². The molecule has 0 spiro atoms. The SMILES string of the molecule is CSc1ccc(NC(=O)c2c(C)cc(C)cc2C)cc1. The molecule has 0 aliphatic heterocycles. The topological polar surface area (TPSA) is 29.1 Å². The van der Waals surface area contributed by atoms with Gasteiger partial charge in [-0.3, -0.25) is 4.79 Å². The lowest BCUT2D eigenvalue weighted by atomic mass is 9.99. The molecule has 1 amide bonds. The number of amides is 1. The van der Waals surface area contributed by atoms with Crippen LogP contribution in [0.5, 0.6) is 0 Å². The summed E-state index contributed by atoms with van der Waals surface area (Å²) < 4.78 is 0. The molecule has 1 N–H and O–H groups in total. The van der Waals surface area contributed by atoms with E-state index in [-0.39, 0.29) is 5.91 Å². The fourth-order valence-electron chi connectivity index (χ4n) is 2.41. The van der Waals surface area contributed by atoms with Crippen LogP contribution >= 0.6 is 11.8 Å². The summed E-state index contributed by atoms with van der Waals surface area (Å²) in [4.78, 5) is 13.6. The smallest absolute Gasteiger partial charge is 0.256 e. The van der Waals surface area contributed by atoms with Crippen molar-refractivity contribution in [3.05, 3.63) is 58.7 Å². The number of carbonyl (C=O) groups is 1. The van der Waals surface area contributed by atoms with Crippen molar-refractivity contribution in [2.24, 2.45) is 0 Å². The quantitative estimate of drug-likeness (QED) is 0.836. The number of benzene rings is 2. The Balaban J connectivity index is 2.23. The van der Waals surface area contributed by atoms with Gasteiger partial charge >= 0.3 is 0 Å². The van der Waals surface area contributed by atoms with Crippen LogP contribution in [0.2, 0.25) is 0 Å². The van der Waals surface area contributed by atoms with Crippen molar-refractivity contribution in [1.29, 1.82) is 0 Å². The molecule has 0 saturated carbocycles. The summed E-state index contributed by atoms with van der Waals surface area (Å²) in [6.45, 7) is 6.00. The second-order valence-corrected chi connectivity index (χ2v) is 5.84. The number of hydrogen-bond acceptors (Lipinski definition) is 2. The molecule has 0 fully saturated rings. The Morgan fingerprint density at radius 1 is 1.00 bits per heavy atom. The molecule has 104 valence electrons. The van der Waals surface area contributed by atoms with Crippen molar-refractivity contribution in [2.75, 3.05) is 11.6 Å². The zero-order chi connectivity index (χ0) is 14.7. The normalized spacial score (nSPS) is 10.4. The maximum atomic E-state index is 12.4. The van der Waals surface area contributed by atoms with Gasteiger partial charge in [0.05, 0.1) is 0 Å². The lowest BCUT2D eigenvalue weighted by Gasteiger charge is -2.12. The largest absolute Gasteiger partial charge is 0.322 e. The molecular formula is C17H19NOS. The zero-order valence-electron chi connectivity index (χ0n) is 12.3. The summed E-state index contributed by atoms with van der Waals surface area (Å²) in [5, 5.41) is 2.96. The summed E-state index contributed by atoms with van der Waals surface area (Å²) in [6.07, 6.45) is 2.03. The highest BCUT2D eigenvalue weighted by molar-refractivity contribution is 7.98. The van der Waals surface area contributed by atoms with E-state index < -0.39 is 0 Å². The molecule has 2 nitrogen and oxygen atoms in total. The van der Waals surface area contributed by atoms with E-state index in [1.807, 2.05) is 63.4 Å². The number of nitrogens with one attached hydrogen (secondary N) is 1. The molecule has 0 atom stereocenters. The molecule has 2 aromatic carbocycles. The summed E-state index contributed by atoms with van der Waals surface area (Å²) in [5.74, 6) is -0.0445. The van der Waals surface area contributed by atoms with E-state index in [9.17, 15) is 4.79 Å². The van der Waals surface area contributed by atoms with Crippen LogP contribution in [0, 0.1) is 20.8 Å². The summed E-state index contributed by atoms with van der Waals surface area (Å²) in [7, 11) is 0. The maximum absolute atomic E-state index is 12.4. The number of carbonyl (C=O) groups excluding carboxylic acids is 1. The first-order chi connectivity index (χ1) is 9.51. The van der Waals surface area contributed by atoms with Gasteiger partial charge in [-0.05, 0) is 62.4 Å². The minimum Gasteiger partial charge on any atom is -0.322 e. The summed E-state index contributed by atoms with van der Waals surface area (Å²) in [6, 6.07) is 12.0. The summed E-state index contributed by atoms with van der Waals surface area (Å²) >= 11 is 1.69. The van der Waals surface area contributed by atoms with Crippen molar-refractivity contribution >= 4 is 23.4 Å². The third-order valence-electron chi connectivity index (χ3n) is 3.25. The monoisotopic (exact) mass is 285 g/mol. The lowest BCUT2D eigenvalue weighted by molar-refractivity contribution is 0.102. The average Bonchev–Trinajstić information content (AvgIpc) is 2.38. The molecule has 0 heterocycles. The van der Waals surface area contributed by atoms with Crippen molar-refractivity contribution in [2.45, 2.75) is 25.7 Å². The first-order valence-corrected chi connectivity index (χ1v) is 7.77. The van der Waals surface area contributed by atoms with E-state index in [2.05, 4.69) is 5.32 Å². The van der Waals surface area contributed by atoms with E-state index in [1.54, 1.807) is 11.8 Å². The molecule has 0 aliphatic carbocycles. The summed E-state index contributed by atoms with van der Waals surface area (Å²) in [5.41, 5.74) is 4.80. The van der Waals surface area contributed by atoms with Crippen LogP contribution in [0.4, 0.5) is 5.69 Å². The average molecular weight is 285 g/mol. The number of anilines is 1. The van der Waals surface area contributed by atoms with Gasteiger partial charge in [0.15, 0.2) is 0 Å². The Labute approximate surface area is 124 Å². The number of rotatable bonds is 3. The Morgan fingerprint density at radius 3 is 2.05 bits per heavy atom. The lowest BCUT2D eigenvalue weighted by Crippen LogP contribution is -2.15. The first kappa shape index (κ1) is 14.7. The second kappa shape index (κ2) is 6.14. The molecule has 0 radical (unpaired) electrons. The van der Waals surface area contributed by atoms with E-state index in [0.717, 1.165) is 22.4 Å². The fraction of sp³-hybridized carbons (Fsp3) is 0.235. The van der Waals surface area contributed by atoms with Gasteiger partial charge in [0.2, 0.25) is 0 Å². The van der Waals surface area contributed by atoms with Gasteiger partial charge in [-0.25, -0.2) is 0 Å². The fourth-order valence-corrected chi connectivity index (χ4v) is 2.81. The highest BCUT2D eigenvalue weighted by Crippen LogP contribution is 2.20. The Bertz CT molecular complexity index is 609. The Kier molecular flexibility index (Phi) is 4.50. The molecular weight excluding hydrogens is 266 g/mol. The maximum Gasteiger partial charge on any atom is 0.256 e. The van der Waals surface area contributed by atoms with Crippen LogP contribution in [0.15, 0.2) is 41.3 Å². The van der Waals surface area contributed by atoms with Gasteiger partial charge in [0.25, 0.3) is 5.91 Å². The van der Waals surface area contributed by atoms with Crippen LogP contribution in [-0.2, 0) is 0 Å². The minimum atomic E-state index is -0.0445. The molecule has 3 heteroatoms. The van der Waals surface area contributed by atoms with Crippen LogP contribution in [0.1, 0.15) is 27.0 Å². The Hall–Kier alpha value is -1.74. The van der Waals surface area contributed by atoms with Crippen molar-refractivity contribution in [3.63, 3.8) is 0 Å². The first-order valence-electron chi connectivity index (χ1n) is 6.54. The number of hydrogen-bond donors (Lipinski definition) is 1. The predicted octanol–water partition coefficient (Wildman–Crippen LogP) is 4.59. The molecule has 2 rings (SSSR count). The van der Waals surface area contributed by atoms with Crippen LogP contribution < -0.4 is 5.32 Å². The van der Waals surface area contributed by atoms with Crippen molar-refractivity contribution in [1.82, 2.24) is 0 Å². The Morgan fingerprint density at radius 2 is 1.55 bits per heavy atom. The van der Waals surface area contributed by atoms with Gasteiger partial charge in [-0.2, -0.15) is 0 Å². The van der Waals surface area contributed by atoms with Gasteiger partial charge < -0.3 is 5.32 Å². The molecule has 0 unspecified atom stereocenters. The molecule has 0 bridgehead atoms. The standard InChI is InChI=1S/C17H19NOS/c1-11-9-12(2)16(13(3)10-11)17(19)18-14-5-7-15(20-4)8-6-14/h5-10H,1-4H3,(H,18,19). The zero-order valence-corrected chi connectivity index (χ0v) is 13.1. The van der Waals surface area contributed by atoms with Crippen molar-refractivity contribution < 1.29 is 4.79 Å². The van der Waals surface area contributed by atoms with Crippen molar-refractivity contribution in [3.8, 4) is 0 Å². The predicted molar refractivity (Wildman–Crippen MR) is 86.8 cm³/mol. The number of thioether (sulfide) groups is 1. The molecule has 0 aromatic heterocycles. The molecule has 0 aliphatic rings. The second-order valence-electron chi connectivity index (χ2n) is 4.96. The van der Waals surface area contributed by atoms with E-state index >= 15 is 0 Å². The van der Waals surface area contributed by atoms with Gasteiger partial charge in [0, 0.05) is 16.1 Å². The van der Waals surface area contributed by atoms with Gasteiger partial charge in [0.1, 0.15) is 0 Å². The van der Waals surface area contributed by atoms with Crippen LogP contribution in [0.3, 0.4) is 0 Å². The van der Waals surface area contributed by atoms with Crippen LogP contribution in [0.25, 0.3) is 0 Å².